The molecule has 0 aliphatic heterocycles. The summed E-state index contributed by atoms with van der Waals surface area (Å²) in [5.41, 5.74) is 0.994. The van der Waals surface area contributed by atoms with Gasteiger partial charge in [0.2, 0.25) is 0 Å². The van der Waals surface area contributed by atoms with Gasteiger partial charge in [0.15, 0.2) is 0 Å². The van der Waals surface area contributed by atoms with Crippen molar-refractivity contribution in [1.29, 1.82) is 0 Å². The highest BCUT2D eigenvalue weighted by atomic mass is 32.2. The van der Waals surface area contributed by atoms with E-state index in [2.05, 4.69) is 0 Å². The molecule has 0 fully saturated rings. The van der Waals surface area contributed by atoms with Crippen molar-refractivity contribution in [1.82, 2.24) is 0 Å². The van der Waals surface area contributed by atoms with Gasteiger partial charge in [0, 0.05) is 12.2 Å². The van der Waals surface area contributed by atoms with Crippen LogP contribution in [0.25, 0.3) is 11.1 Å². The highest BCUT2D eigenvalue weighted by molar-refractivity contribution is 7.86. The third kappa shape index (κ3) is 3.24. The molecule has 0 aromatic heterocycles. The zero-order chi connectivity index (χ0) is 15.8. The molecule has 5 nitrogen and oxygen atoms in total. The average molecular weight is 310 g/mol. The molecule has 0 saturated carbocycles. The standard InChI is InChI=1S/C15H18O5S/c1-15(2,17)11-4-3-5-12-10(6-7-16)8-14(13(12)9-11)21(18,19)20/h3-5,8-9,16-17H,6-7H2,1-2H3,(H,18,19,20). The van der Waals surface area contributed by atoms with Crippen LogP contribution in [-0.2, 0) is 22.1 Å². The minimum atomic E-state index is -4.38. The summed E-state index contributed by atoms with van der Waals surface area (Å²) in [6, 6.07) is 8.04. The number of fused-ring (bicyclic) bond motifs is 1. The Bertz CT molecular complexity index is 728. The largest absolute Gasteiger partial charge is 0.396 e. The predicted molar refractivity (Wildman–Crippen MR) is 78.9 cm³/mol. The van der Waals surface area contributed by atoms with Crippen LogP contribution in [0.4, 0.5) is 0 Å². The average Bonchev–Trinajstić information content (AvgIpc) is 2.55. The fourth-order valence-corrected chi connectivity index (χ4v) is 3.08. The maximum absolute atomic E-state index is 11.6. The molecule has 2 rings (SSSR count). The monoisotopic (exact) mass is 310 g/mol. The molecule has 21 heavy (non-hydrogen) atoms. The van der Waals surface area contributed by atoms with Gasteiger partial charge in [-0.15, -0.1) is 0 Å². The Labute approximate surface area is 124 Å². The molecule has 114 valence electrons. The molecule has 2 aliphatic carbocycles. The van der Waals surface area contributed by atoms with Gasteiger partial charge < -0.3 is 10.2 Å². The summed E-state index contributed by atoms with van der Waals surface area (Å²) in [6.45, 7) is 3.07. The lowest BCUT2D eigenvalue weighted by atomic mass is 9.99. The quantitative estimate of drug-likeness (QED) is 0.749. The van der Waals surface area contributed by atoms with Crippen LogP contribution in [-0.4, -0.2) is 29.8 Å². The Morgan fingerprint density at radius 3 is 2.33 bits per heavy atom. The summed E-state index contributed by atoms with van der Waals surface area (Å²) in [5, 5.41) is 19.2. The molecule has 6 heteroatoms. The lowest BCUT2D eigenvalue weighted by molar-refractivity contribution is 0.0787. The van der Waals surface area contributed by atoms with Gasteiger partial charge in [0.05, 0.1) is 5.60 Å². The number of aliphatic hydroxyl groups is 2. The SMILES string of the molecule is CC(C)(O)c1cccc2c(CCO)cc(S(=O)(=O)O)c-2c1. The van der Waals surface area contributed by atoms with E-state index in [1.807, 2.05) is 0 Å². The normalized spacial score (nSPS) is 12.8. The third-order valence-electron chi connectivity index (χ3n) is 3.41. The topological polar surface area (TPSA) is 94.8 Å². The van der Waals surface area contributed by atoms with Gasteiger partial charge in [0.1, 0.15) is 4.90 Å². The van der Waals surface area contributed by atoms with Gasteiger partial charge >= 0.3 is 0 Å². The van der Waals surface area contributed by atoms with Gasteiger partial charge in [-0.05, 0) is 49.1 Å². The first-order chi connectivity index (χ1) is 9.64. The van der Waals surface area contributed by atoms with E-state index < -0.39 is 15.7 Å². The van der Waals surface area contributed by atoms with Crippen LogP contribution in [0.2, 0.25) is 0 Å². The van der Waals surface area contributed by atoms with Crippen molar-refractivity contribution in [3.63, 3.8) is 0 Å². The van der Waals surface area contributed by atoms with E-state index in [1.165, 1.54) is 6.07 Å². The van der Waals surface area contributed by atoms with E-state index in [1.54, 1.807) is 38.1 Å². The van der Waals surface area contributed by atoms with Crippen molar-refractivity contribution < 1.29 is 23.2 Å². The maximum Gasteiger partial charge on any atom is 0.295 e. The lowest BCUT2D eigenvalue weighted by Gasteiger charge is -2.16. The molecule has 0 aromatic carbocycles. The van der Waals surface area contributed by atoms with Crippen LogP contribution >= 0.6 is 0 Å². The molecule has 0 amide bonds. The molecule has 2 aliphatic rings. The predicted octanol–water partition coefficient (Wildman–Crippen LogP) is 1.80. The number of rotatable bonds is 4. The second-order valence-corrected chi connectivity index (χ2v) is 6.88. The fraction of sp³-hybridized carbons (Fsp3) is 0.333. The number of hydrogen-bond donors (Lipinski definition) is 3. The number of aliphatic hydroxyl groups excluding tert-OH is 1. The number of hydrogen-bond acceptors (Lipinski definition) is 4. The van der Waals surface area contributed by atoms with Crippen molar-refractivity contribution in [3.8, 4) is 11.1 Å². The molecular weight excluding hydrogens is 292 g/mol. The van der Waals surface area contributed by atoms with Crippen molar-refractivity contribution >= 4 is 10.1 Å². The van der Waals surface area contributed by atoms with Crippen LogP contribution in [0.3, 0.4) is 0 Å². The molecule has 0 spiro atoms. The molecule has 0 aromatic rings. The Morgan fingerprint density at radius 1 is 1.14 bits per heavy atom. The molecule has 0 heterocycles. The van der Waals surface area contributed by atoms with Gasteiger partial charge in [-0.25, -0.2) is 0 Å². The van der Waals surface area contributed by atoms with Crippen molar-refractivity contribution in [2.24, 2.45) is 0 Å². The summed E-state index contributed by atoms with van der Waals surface area (Å²) >= 11 is 0. The Balaban J connectivity index is 2.79. The first-order valence-electron chi connectivity index (χ1n) is 6.51. The van der Waals surface area contributed by atoms with Crippen LogP contribution in [0.1, 0.15) is 25.0 Å². The van der Waals surface area contributed by atoms with E-state index in [0.29, 0.717) is 22.3 Å². The van der Waals surface area contributed by atoms with Crippen LogP contribution < -0.4 is 0 Å². The summed E-state index contributed by atoms with van der Waals surface area (Å²) in [5.74, 6) is 0. The first-order valence-corrected chi connectivity index (χ1v) is 7.95. The Hall–Kier alpha value is -1.47. The highest BCUT2D eigenvalue weighted by Crippen LogP contribution is 2.37. The first kappa shape index (κ1) is 15.9. The van der Waals surface area contributed by atoms with E-state index in [4.69, 9.17) is 5.11 Å². The molecule has 3 N–H and O–H groups in total. The van der Waals surface area contributed by atoms with E-state index in [9.17, 15) is 18.1 Å². The zero-order valence-electron chi connectivity index (χ0n) is 11.9. The molecule has 0 unspecified atom stereocenters. The smallest absolute Gasteiger partial charge is 0.295 e. The minimum Gasteiger partial charge on any atom is -0.396 e. The fourth-order valence-electron chi connectivity index (χ4n) is 2.34. The van der Waals surface area contributed by atoms with E-state index in [0.717, 1.165) is 0 Å². The molecule has 0 saturated heterocycles. The van der Waals surface area contributed by atoms with Gasteiger partial charge in [-0.3, -0.25) is 4.55 Å². The summed E-state index contributed by atoms with van der Waals surface area (Å²) in [4.78, 5) is -0.206. The Morgan fingerprint density at radius 2 is 1.81 bits per heavy atom. The molecule has 0 atom stereocenters. The van der Waals surface area contributed by atoms with Gasteiger partial charge in [-0.2, -0.15) is 8.42 Å². The van der Waals surface area contributed by atoms with Crippen molar-refractivity contribution in [3.05, 3.63) is 41.5 Å². The van der Waals surface area contributed by atoms with Gasteiger partial charge in [-0.1, -0.05) is 18.2 Å². The third-order valence-corrected chi connectivity index (χ3v) is 4.30. The second-order valence-electron chi connectivity index (χ2n) is 5.49. The lowest BCUT2D eigenvalue weighted by Crippen LogP contribution is -2.14. The maximum atomic E-state index is 11.6. The van der Waals surface area contributed by atoms with Gasteiger partial charge in [0.25, 0.3) is 10.1 Å². The Kier molecular flexibility index (Phi) is 4.08. The van der Waals surface area contributed by atoms with E-state index in [-0.39, 0.29) is 17.9 Å². The summed E-state index contributed by atoms with van der Waals surface area (Å²) in [6.07, 6.45) is 0.286. The van der Waals surface area contributed by atoms with Crippen molar-refractivity contribution in [2.75, 3.05) is 6.61 Å². The second kappa shape index (κ2) is 5.38. The molecule has 0 radical (unpaired) electrons. The van der Waals surface area contributed by atoms with Crippen LogP contribution in [0.15, 0.2) is 35.2 Å². The van der Waals surface area contributed by atoms with E-state index >= 15 is 0 Å². The zero-order valence-corrected chi connectivity index (χ0v) is 12.7. The van der Waals surface area contributed by atoms with Crippen LogP contribution in [0.5, 0.6) is 0 Å². The summed E-state index contributed by atoms with van der Waals surface area (Å²) < 4.78 is 32.5. The minimum absolute atomic E-state index is 0.124. The van der Waals surface area contributed by atoms with Crippen LogP contribution in [0, 0.1) is 0 Å². The summed E-state index contributed by atoms with van der Waals surface area (Å²) in [7, 11) is -4.38. The molecule has 0 bridgehead atoms. The molecular formula is C15H18O5S. The highest BCUT2D eigenvalue weighted by Gasteiger charge is 2.25. The van der Waals surface area contributed by atoms with Crippen molar-refractivity contribution in [2.45, 2.75) is 30.8 Å².